The third kappa shape index (κ3) is 10.4. The molecule has 3 aliphatic rings. The molecule has 0 aromatic carbocycles. The molecule has 4 unspecified atom stereocenters. The Morgan fingerprint density at radius 3 is 2.22 bits per heavy atom. The molecule has 0 spiro atoms. The lowest BCUT2D eigenvalue weighted by Gasteiger charge is -2.19. The van der Waals surface area contributed by atoms with Crippen LogP contribution in [0.25, 0.3) is 0 Å². The summed E-state index contributed by atoms with van der Waals surface area (Å²) in [6.07, 6.45) is 15.3. The van der Waals surface area contributed by atoms with Crippen molar-refractivity contribution < 1.29 is 14.2 Å². The largest absolute Gasteiger partial charge is 0.385 e. The molecule has 0 aromatic heterocycles. The van der Waals surface area contributed by atoms with Gasteiger partial charge in [0.1, 0.15) is 0 Å². The Hall–Kier alpha value is -0.240. The van der Waals surface area contributed by atoms with E-state index in [-0.39, 0.29) is 0 Å². The Bertz CT molecular complexity index is 475. The minimum Gasteiger partial charge on any atom is -0.385 e. The van der Waals surface area contributed by atoms with Crippen LogP contribution in [0.15, 0.2) is 0 Å². The number of hydrogen-bond acceptors (Lipinski definition) is 6. The molecule has 3 N–H and O–H groups in total. The highest BCUT2D eigenvalue weighted by molar-refractivity contribution is 4.85. The molecule has 0 radical (unpaired) electrons. The molecule has 6 atom stereocenters. The maximum atomic E-state index is 6.10. The van der Waals surface area contributed by atoms with E-state index in [0.29, 0.717) is 30.3 Å². The summed E-state index contributed by atoms with van der Waals surface area (Å²) in [7, 11) is 1.78. The average molecular weight is 454 g/mol. The zero-order valence-electron chi connectivity index (χ0n) is 20.9. The second-order valence-corrected chi connectivity index (χ2v) is 10.5. The first-order valence-corrected chi connectivity index (χ1v) is 13.6. The van der Waals surface area contributed by atoms with Crippen molar-refractivity contribution in [1.82, 2.24) is 16.0 Å². The fraction of sp³-hybridized carbons (Fsp3) is 1.00. The van der Waals surface area contributed by atoms with Crippen LogP contribution >= 0.6 is 0 Å². The lowest BCUT2D eigenvalue weighted by atomic mass is 10.0. The van der Waals surface area contributed by atoms with Crippen molar-refractivity contribution in [3.05, 3.63) is 0 Å². The van der Waals surface area contributed by atoms with Crippen LogP contribution in [-0.2, 0) is 14.2 Å². The first-order valence-electron chi connectivity index (χ1n) is 13.6. The van der Waals surface area contributed by atoms with Crippen molar-refractivity contribution in [2.24, 2.45) is 5.92 Å². The summed E-state index contributed by atoms with van der Waals surface area (Å²) in [4.78, 5) is 0. The molecule has 3 rings (SSSR count). The summed E-state index contributed by atoms with van der Waals surface area (Å²) in [5.41, 5.74) is 0. The van der Waals surface area contributed by atoms with Gasteiger partial charge in [-0.05, 0) is 103 Å². The first kappa shape index (κ1) is 26.4. The van der Waals surface area contributed by atoms with E-state index in [2.05, 4.69) is 22.9 Å². The average Bonchev–Trinajstić information content (AvgIpc) is 3.54. The number of hydrogen-bond donors (Lipinski definition) is 3. The van der Waals surface area contributed by atoms with Crippen LogP contribution in [0.4, 0.5) is 0 Å². The van der Waals surface area contributed by atoms with E-state index < -0.39 is 0 Å². The van der Waals surface area contributed by atoms with Gasteiger partial charge in [-0.1, -0.05) is 0 Å². The first-order chi connectivity index (χ1) is 15.7. The molecule has 188 valence electrons. The second kappa shape index (κ2) is 15.6. The molecule has 3 saturated heterocycles. The molecule has 3 fully saturated rings. The van der Waals surface area contributed by atoms with Crippen LogP contribution in [0.5, 0.6) is 0 Å². The number of ether oxygens (including phenoxy) is 3. The molecule has 0 bridgehead atoms. The van der Waals surface area contributed by atoms with Crippen molar-refractivity contribution in [3.63, 3.8) is 0 Å². The molecule has 0 aliphatic carbocycles. The monoisotopic (exact) mass is 453 g/mol. The summed E-state index contributed by atoms with van der Waals surface area (Å²) in [6.45, 7) is 8.23. The molecular formula is C26H51N3O3. The van der Waals surface area contributed by atoms with Gasteiger partial charge >= 0.3 is 0 Å². The van der Waals surface area contributed by atoms with Crippen LogP contribution in [0.1, 0.15) is 84.0 Å². The van der Waals surface area contributed by atoms with Gasteiger partial charge in [-0.2, -0.15) is 0 Å². The maximum Gasteiger partial charge on any atom is 0.0619 e. The summed E-state index contributed by atoms with van der Waals surface area (Å²) in [5.74, 6) is 0.882. The van der Waals surface area contributed by atoms with E-state index in [9.17, 15) is 0 Å². The van der Waals surface area contributed by atoms with E-state index in [1.807, 2.05) is 0 Å². The molecule has 3 heterocycles. The highest BCUT2D eigenvalue weighted by atomic mass is 16.5. The third-order valence-electron chi connectivity index (χ3n) is 7.67. The summed E-state index contributed by atoms with van der Waals surface area (Å²) in [6, 6.07) is 2.51. The Labute approximate surface area is 197 Å². The Morgan fingerprint density at radius 2 is 1.47 bits per heavy atom. The van der Waals surface area contributed by atoms with Crippen molar-refractivity contribution in [2.75, 3.05) is 46.6 Å². The highest BCUT2D eigenvalue weighted by Crippen LogP contribution is 2.21. The van der Waals surface area contributed by atoms with Gasteiger partial charge in [0, 0.05) is 51.1 Å². The van der Waals surface area contributed by atoms with Crippen LogP contribution < -0.4 is 16.0 Å². The van der Waals surface area contributed by atoms with E-state index in [1.54, 1.807) is 7.11 Å². The molecule has 6 nitrogen and oxygen atoms in total. The normalized spacial score (nSPS) is 31.5. The van der Waals surface area contributed by atoms with Crippen molar-refractivity contribution in [3.8, 4) is 0 Å². The minimum atomic E-state index is 0.369. The topological polar surface area (TPSA) is 63.8 Å². The molecule has 0 aromatic rings. The lowest BCUT2D eigenvalue weighted by Crippen LogP contribution is -2.33. The van der Waals surface area contributed by atoms with Crippen LogP contribution in [-0.4, -0.2) is 76.9 Å². The van der Waals surface area contributed by atoms with Crippen molar-refractivity contribution in [2.45, 2.75) is 114 Å². The van der Waals surface area contributed by atoms with Gasteiger partial charge in [-0.3, -0.25) is 0 Å². The van der Waals surface area contributed by atoms with E-state index in [1.165, 1.54) is 70.9 Å². The van der Waals surface area contributed by atoms with Gasteiger partial charge in [0.15, 0.2) is 0 Å². The molecule has 3 aliphatic heterocycles. The Balaban J connectivity index is 1.13. The minimum absolute atomic E-state index is 0.369. The molecule has 0 amide bonds. The van der Waals surface area contributed by atoms with Gasteiger partial charge in [-0.25, -0.2) is 0 Å². The van der Waals surface area contributed by atoms with E-state index in [4.69, 9.17) is 14.2 Å². The summed E-state index contributed by atoms with van der Waals surface area (Å²) < 4.78 is 17.3. The lowest BCUT2D eigenvalue weighted by molar-refractivity contribution is 0.0499. The predicted molar refractivity (Wildman–Crippen MR) is 131 cm³/mol. The van der Waals surface area contributed by atoms with Gasteiger partial charge in [0.05, 0.1) is 12.7 Å². The second-order valence-electron chi connectivity index (χ2n) is 10.5. The molecular weight excluding hydrogens is 402 g/mol. The SMILES string of the molecule is COCCC[C@@H]1CCC(COCCC[C@H]2CCC(CC(C)OCCCC3CCNC3)N2)N1. The van der Waals surface area contributed by atoms with E-state index >= 15 is 0 Å². The fourth-order valence-corrected chi connectivity index (χ4v) is 5.79. The maximum absolute atomic E-state index is 6.10. The number of rotatable bonds is 17. The third-order valence-corrected chi connectivity index (χ3v) is 7.67. The Kier molecular flexibility index (Phi) is 12.9. The van der Waals surface area contributed by atoms with Crippen LogP contribution in [0, 0.1) is 5.92 Å². The number of nitrogens with one attached hydrogen (secondary N) is 3. The van der Waals surface area contributed by atoms with Crippen molar-refractivity contribution >= 4 is 0 Å². The fourth-order valence-electron chi connectivity index (χ4n) is 5.79. The van der Waals surface area contributed by atoms with Gasteiger partial charge in [0.25, 0.3) is 0 Å². The van der Waals surface area contributed by atoms with Gasteiger partial charge in [-0.15, -0.1) is 0 Å². The zero-order chi connectivity index (χ0) is 22.4. The highest BCUT2D eigenvalue weighted by Gasteiger charge is 2.25. The van der Waals surface area contributed by atoms with Crippen molar-refractivity contribution in [1.29, 1.82) is 0 Å². The van der Waals surface area contributed by atoms with Gasteiger partial charge < -0.3 is 30.2 Å². The Morgan fingerprint density at radius 1 is 0.781 bits per heavy atom. The molecule has 32 heavy (non-hydrogen) atoms. The standard InChI is InChI=1S/C26H51N3O3/c1-21(32-17-3-6-22-13-14-27-19-22)18-25-11-9-23(28-25)8-5-16-31-20-26-12-10-24(29-26)7-4-15-30-2/h21-29H,3-20H2,1-2H3/t21?,22?,23-,24+,25?,26?/m0/s1. The summed E-state index contributed by atoms with van der Waals surface area (Å²) >= 11 is 0. The smallest absolute Gasteiger partial charge is 0.0619 e. The number of methoxy groups -OCH3 is 1. The quantitative estimate of drug-likeness (QED) is 0.292. The van der Waals surface area contributed by atoms with Crippen LogP contribution in [0.3, 0.4) is 0 Å². The molecule has 0 saturated carbocycles. The van der Waals surface area contributed by atoms with E-state index in [0.717, 1.165) is 51.6 Å². The predicted octanol–water partition coefficient (Wildman–Crippen LogP) is 3.64. The molecule has 6 heteroatoms. The zero-order valence-corrected chi connectivity index (χ0v) is 20.9. The van der Waals surface area contributed by atoms with Gasteiger partial charge in [0.2, 0.25) is 0 Å². The summed E-state index contributed by atoms with van der Waals surface area (Å²) in [5, 5.41) is 11.0. The van der Waals surface area contributed by atoms with Crippen LogP contribution in [0.2, 0.25) is 0 Å².